The first kappa shape index (κ1) is 13.4. The fourth-order valence-electron chi connectivity index (χ4n) is 1.34. The Morgan fingerprint density at radius 1 is 1.44 bits per heavy atom. The van der Waals surface area contributed by atoms with Crippen LogP contribution in [0.1, 0.15) is 15.2 Å². The van der Waals surface area contributed by atoms with Gasteiger partial charge >= 0.3 is 5.97 Å². The molecule has 0 unspecified atom stereocenters. The average molecular weight is 347 g/mol. The van der Waals surface area contributed by atoms with E-state index in [1.165, 1.54) is 17.4 Å². The molecule has 18 heavy (non-hydrogen) atoms. The molecule has 0 saturated heterocycles. The summed E-state index contributed by atoms with van der Waals surface area (Å²) in [6, 6.07) is 6.62. The summed E-state index contributed by atoms with van der Waals surface area (Å²) in [5.41, 5.74) is 6.37. The van der Waals surface area contributed by atoms with Crippen molar-refractivity contribution in [1.82, 2.24) is 0 Å². The van der Waals surface area contributed by atoms with Crippen LogP contribution in [0.2, 0.25) is 5.02 Å². The third-order valence-electron chi connectivity index (χ3n) is 2.18. The number of carbonyl (C=O) groups excluding carboxylic acids is 1. The maximum absolute atomic E-state index is 11.8. The van der Waals surface area contributed by atoms with E-state index in [2.05, 4.69) is 15.9 Å². The molecule has 2 rings (SSSR count). The first-order valence-electron chi connectivity index (χ1n) is 5.01. The Hall–Kier alpha value is -1.04. The van der Waals surface area contributed by atoms with Crippen molar-refractivity contribution in [2.45, 2.75) is 6.61 Å². The predicted molar refractivity (Wildman–Crippen MR) is 77.0 cm³/mol. The standard InChI is InChI=1S/C12H9BrClNO2S/c13-7-3-9(18-6-7)5-17-12(16)10-4-8(15)1-2-11(10)14/h1-4,6H,5,15H2. The zero-order valence-electron chi connectivity index (χ0n) is 9.15. The number of nitrogen functional groups attached to an aromatic ring is 1. The topological polar surface area (TPSA) is 52.3 Å². The molecule has 1 heterocycles. The molecule has 0 radical (unpaired) electrons. The number of esters is 1. The lowest BCUT2D eigenvalue weighted by Gasteiger charge is -2.05. The third-order valence-corrected chi connectivity index (χ3v) is 4.18. The molecule has 0 fully saturated rings. The van der Waals surface area contributed by atoms with Crippen LogP contribution in [0.15, 0.2) is 34.1 Å². The van der Waals surface area contributed by atoms with Gasteiger partial charge in [0.15, 0.2) is 0 Å². The van der Waals surface area contributed by atoms with E-state index in [4.69, 9.17) is 22.1 Å². The van der Waals surface area contributed by atoms with Crippen LogP contribution in [-0.4, -0.2) is 5.97 Å². The van der Waals surface area contributed by atoms with Crippen molar-refractivity contribution in [3.8, 4) is 0 Å². The number of halogens is 2. The lowest BCUT2D eigenvalue weighted by molar-refractivity contribution is 0.0477. The summed E-state index contributed by atoms with van der Waals surface area (Å²) in [5.74, 6) is -0.475. The summed E-state index contributed by atoms with van der Waals surface area (Å²) in [6.07, 6.45) is 0. The monoisotopic (exact) mass is 345 g/mol. The van der Waals surface area contributed by atoms with E-state index in [9.17, 15) is 4.79 Å². The van der Waals surface area contributed by atoms with E-state index in [0.29, 0.717) is 10.7 Å². The molecule has 0 aliphatic heterocycles. The number of anilines is 1. The summed E-state index contributed by atoms with van der Waals surface area (Å²) in [5, 5.41) is 2.26. The maximum atomic E-state index is 11.8. The van der Waals surface area contributed by atoms with Gasteiger partial charge in [0.1, 0.15) is 6.61 Å². The molecule has 6 heteroatoms. The summed E-state index contributed by atoms with van der Waals surface area (Å²) in [4.78, 5) is 12.8. The van der Waals surface area contributed by atoms with Gasteiger partial charge in [0.05, 0.1) is 10.6 Å². The van der Waals surface area contributed by atoms with Gasteiger partial charge in [0.2, 0.25) is 0 Å². The van der Waals surface area contributed by atoms with Gasteiger partial charge in [-0.05, 0) is 40.2 Å². The number of ether oxygens (including phenoxy) is 1. The summed E-state index contributed by atoms with van der Waals surface area (Å²) >= 11 is 10.8. The molecule has 1 aromatic carbocycles. The van der Waals surface area contributed by atoms with Gasteiger partial charge in [0, 0.05) is 20.4 Å². The molecule has 94 valence electrons. The summed E-state index contributed by atoms with van der Waals surface area (Å²) in [7, 11) is 0. The number of carbonyl (C=O) groups is 1. The highest BCUT2D eigenvalue weighted by Gasteiger charge is 2.12. The Morgan fingerprint density at radius 3 is 2.89 bits per heavy atom. The van der Waals surface area contributed by atoms with Gasteiger partial charge in [-0.3, -0.25) is 0 Å². The first-order valence-corrected chi connectivity index (χ1v) is 7.06. The van der Waals surface area contributed by atoms with E-state index >= 15 is 0 Å². The normalized spacial score (nSPS) is 10.3. The Morgan fingerprint density at radius 2 is 2.22 bits per heavy atom. The Labute approximate surface area is 122 Å². The zero-order chi connectivity index (χ0) is 13.1. The van der Waals surface area contributed by atoms with E-state index in [0.717, 1.165) is 9.35 Å². The zero-order valence-corrected chi connectivity index (χ0v) is 12.3. The molecule has 0 aliphatic rings. The summed E-state index contributed by atoms with van der Waals surface area (Å²) in [6.45, 7) is 0.222. The molecule has 0 aliphatic carbocycles. The second-order valence-corrected chi connectivity index (χ2v) is 5.87. The van der Waals surface area contributed by atoms with Crippen LogP contribution in [0, 0.1) is 0 Å². The lowest BCUT2D eigenvalue weighted by Crippen LogP contribution is -2.06. The fourth-order valence-corrected chi connectivity index (χ4v) is 2.90. The third kappa shape index (κ3) is 3.25. The van der Waals surface area contributed by atoms with Crippen molar-refractivity contribution in [2.75, 3.05) is 5.73 Å². The van der Waals surface area contributed by atoms with Gasteiger partial charge in [-0.25, -0.2) is 4.79 Å². The van der Waals surface area contributed by atoms with Crippen molar-refractivity contribution in [3.05, 3.63) is 49.6 Å². The van der Waals surface area contributed by atoms with Crippen molar-refractivity contribution < 1.29 is 9.53 Å². The van der Waals surface area contributed by atoms with Crippen molar-refractivity contribution in [2.24, 2.45) is 0 Å². The van der Waals surface area contributed by atoms with E-state index in [-0.39, 0.29) is 12.2 Å². The number of hydrogen-bond acceptors (Lipinski definition) is 4. The molecule has 0 bridgehead atoms. The van der Waals surface area contributed by atoms with E-state index in [1.807, 2.05) is 11.4 Å². The molecule has 2 N–H and O–H groups in total. The Bertz CT molecular complexity index is 585. The van der Waals surface area contributed by atoms with Gasteiger partial charge < -0.3 is 10.5 Å². The SMILES string of the molecule is Nc1ccc(Cl)c(C(=O)OCc2cc(Br)cs2)c1. The van der Waals surface area contributed by atoms with E-state index < -0.39 is 5.97 Å². The second-order valence-electron chi connectivity index (χ2n) is 3.55. The smallest absolute Gasteiger partial charge is 0.340 e. The van der Waals surface area contributed by atoms with Crippen LogP contribution in [0.4, 0.5) is 5.69 Å². The highest BCUT2D eigenvalue weighted by atomic mass is 79.9. The predicted octanol–water partition coefficient (Wildman–Crippen LogP) is 4.10. The maximum Gasteiger partial charge on any atom is 0.340 e. The van der Waals surface area contributed by atoms with Gasteiger partial charge in [-0.2, -0.15) is 0 Å². The lowest BCUT2D eigenvalue weighted by atomic mass is 10.2. The van der Waals surface area contributed by atoms with E-state index in [1.54, 1.807) is 12.1 Å². The summed E-state index contributed by atoms with van der Waals surface area (Å²) < 4.78 is 6.15. The number of benzene rings is 1. The van der Waals surface area contributed by atoms with Gasteiger partial charge in [0.25, 0.3) is 0 Å². The second kappa shape index (κ2) is 5.73. The molecular formula is C12H9BrClNO2S. The Balaban J connectivity index is 2.05. The molecule has 0 spiro atoms. The quantitative estimate of drug-likeness (QED) is 0.672. The number of hydrogen-bond donors (Lipinski definition) is 1. The molecule has 2 aromatic rings. The minimum Gasteiger partial charge on any atom is -0.456 e. The number of rotatable bonds is 3. The van der Waals surface area contributed by atoms with Crippen LogP contribution in [-0.2, 0) is 11.3 Å². The average Bonchev–Trinajstić information content (AvgIpc) is 2.75. The largest absolute Gasteiger partial charge is 0.456 e. The van der Waals surface area contributed by atoms with Crippen LogP contribution in [0.3, 0.4) is 0 Å². The molecule has 0 atom stereocenters. The number of nitrogens with two attached hydrogens (primary N) is 1. The molecule has 3 nitrogen and oxygen atoms in total. The van der Waals surface area contributed by atoms with Crippen molar-refractivity contribution >= 4 is 50.5 Å². The van der Waals surface area contributed by atoms with Crippen LogP contribution < -0.4 is 5.73 Å². The molecular weight excluding hydrogens is 338 g/mol. The minimum absolute atomic E-state index is 0.222. The van der Waals surface area contributed by atoms with Crippen molar-refractivity contribution in [3.63, 3.8) is 0 Å². The van der Waals surface area contributed by atoms with Gasteiger partial charge in [-0.1, -0.05) is 11.6 Å². The minimum atomic E-state index is -0.475. The van der Waals surface area contributed by atoms with Crippen LogP contribution in [0.25, 0.3) is 0 Å². The molecule has 0 amide bonds. The molecule has 0 saturated carbocycles. The number of thiophene rings is 1. The van der Waals surface area contributed by atoms with Crippen molar-refractivity contribution in [1.29, 1.82) is 0 Å². The van der Waals surface area contributed by atoms with Crippen LogP contribution >= 0.6 is 38.9 Å². The van der Waals surface area contributed by atoms with Gasteiger partial charge in [-0.15, -0.1) is 11.3 Å². The fraction of sp³-hybridized carbons (Fsp3) is 0.0833. The highest BCUT2D eigenvalue weighted by molar-refractivity contribution is 9.10. The highest BCUT2D eigenvalue weighted by Crippen LogP contribution is 2.23. The molecule has 1 aromatic heterocycles. The van der Waals surface area contributed by atoms with Crippen LogP contribution in [0.5, 0.6) is 0 Å². The first-order chi connectivity index (χ1) is 8.56. The Kier molecular flexibility index (Phi) is 4.27.